The van der Waals surface area contributed by atoms with Gasteiger partial charge in [0, 0.05) is 45.6 Å². The van der Waals surface area contributed by atoms with Crippen LogP contribution in [0.25, 0.3) is 5.65 Å². The van der Waals surface area contributed by atoms with Gasteiger partial charge in [-0.25, -0.2) is 18.3 Å². The molecule has 0 saturated carbocycles. The summed E-state index contributed by atoms with van der Waals surface area (Å²) in [7, 11) is 3.65. The molecule has 1 amide bonds. The fraction of sp³-hybridized carbons (Fsp3) is 0.474. The Hall–Kier alpha value is -3.08. The molecule has 158 valence electrons. The number of aryl methyl sites for hydroxylation is 1. The van der Waals surface area contributed by atoms with Gasteiger partial charge in [-0.1, -0.05) is 0 Å². The topological polar surface area (TPSA) is 83.6 Å². The summed E-state index contributed by atoms with van der Waals surface area (Å²) in [6.45, 7) is 4.19. The van der Waals surface area contributed by atoms with Gasteiger partial charge in [0.15, 0.2) is 11.3 Å². The molecule has 3 aromatic heterocycles. The summed E-state index contributed by atoms with van der Waals surface area (Å²) < 4.78 is 29.0. The fourth-order valence-electron chi connectivity index (χ4n) is 4.19. The van der Waals surface area contributed by atoms with Crippen molar-refractivity contribution < 1.29 is 13.6 Å². The van der Waals surface area contributed by atoms with Gasteiger partial charge in [0.05, 0.1) is 11.9 Å². The minimum Gasteiger partial charge on any atom is -0.356 e. The molecule has 3 aromatic rings. The van der Waals surface area contributed by atoms with Crippen molar-refractivity contribution in [3.8, 4) is 0 Å². The highest BCUT2D eigenvalue weighted by Gasteiger charge is 2.39. The van der Waals surface area contributed by atoms with Crippen molar-refractivity contribution in [2.75, 3.05) is 43.4 Å². The van der Waals surface area contributed by atoms with Crippen LogP contribution >= 0.6 is 0 Å². The Morgan fingerprint density at radius 2 is 1.93 bits per heavy atom. The Balaban J connectivity index is 1.34. The van der Waals surface area contributed by atoms with Crippen LogP contribution in [0.15, 0.2) is 24.7 Å². The van der Waals surface area contributed by atoms with E-state index in [2.05, 4.69) is 37.3 Å². The van der Waals surface area contributed by atoms with Crippen LogP contribution in [0.3, 0.4) is 0 Å². The van der Waals surface area contributed by atoms with Gasteiger partial charge in [0.25, 0.3) is 12.3 Å². The molecule has 2 aliphatic heterocycles. The van der Waals surface area contributed by atoms with E-state index in [-0.39, 0.29) is 11.3 Å². The number of nitrogens with one attached hydrogen (secondary N) is 1. The lowest BCUT2D eigenvalue weighted by molar-refractivity contribution is 0.0694. The molecule has 9 nitrogen and oxygen atoms in total. The molecule has 30 heavy (non-hydrogen) atoms. The van der Waals surface area contributed by atoms with Gasteiger partial charge >= 0.3 is 0 Å². The van der Waals surface area contributed by atoms with Crippen LogP contribution in [0.2, 0.25) is 0 Å². The Labute approximate surface area is 171 Å². The predicted octanol–water partition coefficient (Wildman–Crippen LogP) is 1.65. The zero-order valence-electron chi connectivity index (χ0n) is 16.7. The molecule has 2 aliphatic rings. The molecule has 2 saturated heterocycles. The fourth-order valence-corrected chi connectivity index (χ4v) is 4.19. The quantitative estimate of drug-likeness (QED) is 0.681. The number of amides is 1. The van der Waals surface area contributed by atoms with Crippen molar-refractivity contribution in [2.24, 2.45) is 18.9 Å². The minimum absolute atomic E-state index is 0.0240. The van der Waals surface area contributed by atoms with Gasteiger partial charge in [-0.2, -0.15) is 10.2 Å². The molecule has 0 aromatic carbocycles. The maximum absolute atomic E-state index is 13.1. The highest BCUT2D eigenvalue weighted by Crippen LogP contribution is 2.33. The molecule has 1 N–H and O–H groups in total. The first-order valence-corrected chi connectivity index (χ1v) is 9.80. The second-order valence-corrected chi connectivity index (χ2v) is 8.12. The number of halogens is 2. The van der Waals surface area contributed by atoms with Crippen LogP contribution in [0, 0.1) is 11.8 Å². The molecule has 0 bridgehead atoms. The van der Waals surface area contributed by atoms with Gasteiger partial charge in [0.2, 0.25) is 0 Å². The lowest BCUT2D eigenvalue weighted by Crippen LogP contribution is -2.58. The van der Waals surface area contributed by atoms with Gasteiger partial charge in [-0.3, -0.25) is 9.48 Å². The standard InChI is InChI=1S/C19H22F2N8O/c1-26-6-11(7-26)12-8-28(9-12)15-3-4-29-18(24-15)13(5-22-29)19(30)23-14-10-27(2)25-16(14)17(20)21/h3-5,10-12,17H,6-9H2,1-2H3,(H,23,30). The van der Waals surface area contributed by atoms with E-state index in [0.717, 1.165) is 37.9 Å². The first kappa shape index (κ1) is 18.9. The van der Waals surface area contributed by atoms with Crippen LogP contribution in [-0.4, -0.2) is 68.4 Å². The molecule has 5 rings (SSSR count). The van der Waals surface area contributed by atoms with E-state index < -0.39 is 18.0 Å². The molecule has 0 atom stereocenters. The number of alkyl halides is 2. The molecule has 0 unspecified atom stereocenters. The van der Waals surface area contributed by atoms with E-state index in [1.165, 1.54) is 28.6 Å². The SMILES string of the molecule is CN1CC(C2CN(c3ccn4ncc(C(=O)Nc5cn(C)nc5C(F)F)c4n3)C2)C1. The van der Waals surface area contributed by atoms with Crippen molar-refractivity contribution in [2.45, 2.75) is 6.43 Å². The number of likely N-dealkylation sites (tertiary alicyclic amines) is 1. The summed E-state index contributed by atoms with van der Waals surface area (Å²) in [4.78, 5) is 21.9. The summed E-state index contributed by atoms with van der Waals surface area (Å²) >= 11 is 0. The lowest BCUT2D eigenvalue weighted by Gasteiger charge is -2.50. The predicted molar refractivity (Wildman–Crippen MR) is 106 cm³/mol. The first-order chi connectivity index (χ1) is 14.4. The molecule has 0 spiro atoms. The molecule has 5 heterocycles. The van der Waals surface area contributed by atoms with Gasteiger partial charge in [-0.15, -0.1) is 0 Å². The number of fused-ring (bicyclic) bond motifs is 1. The molecular formula is C19H22F2N8O. The third-order valence-corrected chi connectivity index (χ3v) is 5.90. The Kier molecular flexibility index (Phi) is 4.42. The van der Waals surface area contributed by atoms with Crippen LogP contribution in [0.1, 0.15) is 22.5 Å². The van der Waals surface area contributed by atoms with Crippen molar-refractivity contribution in [3.63, 3.8) is 0 Å². The number of anilines is 2. The highest BCUT2D eigenvalue weighted by molar-refractivity contribution is 6.08. The van der Waals surface area contributed by atoms with Crippen molar-refractivity contribution in [1.82, 2.24) is 29.3 Å². The zero-order chi connectivity index (χ0) is 21.0. The number of nitrogens with zero attached hydrogens (tertiary/aromatic N) is 7. The number of hydrogen-bond acceptors (Lipinski definition) is 6. The average Bonchev–Trinajstić information content (AvgIpc) is 3.22. The molecule has 2 fully saturated rings. The smallest absolute Gasteiger partial charge is 0.284 e. The molecular weight excluding hydrogens is 394 g/mol. The van der Waals surface area contributed by atoms with Crippen molar-refractivity contribution in [1.29, 1.82) is 0 Å². The van der Waals surface area contributed by atoms with Crippen LogP contribution in [0.5, 0.6) is 0 Å². The van der Waals surface area contributed by atoms with Crippen molar-refractivity contribution >= 4 is 23.1 Å². The molecule has 0 radical (unpaired) electrons. The van der Waals surface area contributed by atoms with E-state index >= 15 is 0 Å². The average molecular weight is 416 g/mol. The summed E-state index contributed by atoms with van der Waals surface area (Å²) in [5.41, 5.74) is 0.117. The van der Waals surface area contributed by atoms with E-state index in [4.69, 9.17) is 0 Å². The Morgan fingerprint density at radius 1 is 1.20 bits per heavy atom. The maximum atomic E-state index is 13.1. The highest BCUT2D eigenvalue weighted by atomic mass is 19.3. The second kappa shape index (κ2) is 7.01. The minimum atomic E-state index is -2.79. The third-order valence-electron chi connectivity index (χ3n) is 5.90. The maximum Gasteiger partial charge on any atom is 0.284 e. The van der Waals surface area contributed by atoms with E-state index in [9.17, 15) is 13.6 Å². The van der Waals surface area contributed by atoms with E-state index in [0.29, 0.717) is 11.6 Å². The normalized spacial score (nSPS) is 18.1. The van der Waals surface area contributed by atoms with Gasteiger partial charge in [-0.05, 0) is 24.9 Å². The number of hydrogen-bond donors (Lipinski definition) is 1. The largest absolute Gasteiger partial charge is 0.356 e. The second-order valence-electron chi connectivity index (χ2n) is 8.12. The van der Waals surface area contributed by atoms with Crippen molar-refractivity contribution in [3.05, 3.63) is 35.9 Å². The summed E-state index contributed by atoms with van der Waals surface area (Å²) in [5, 5.41) is 10.4. The number of carbonyl (C=O) groups excluding carboxylic acids is 1. The number of rotatable bonds is 5. The number of carbonyl (C=O) groups is 1. The Bertz CT molecular complexity index is 1100. The number of aromatic nitrogens is 5. The first-order valence-electron chi connectivity index (χ1n) is 9.80. The van der Waals surface area contributed by atoms with E-state index in [1.807, 2.05) is 6.07 Å². The summed E-state index contributed by atoms with van der Waals surface area (Å²) in [5.74, 6) is 1.65. The van der Waals surface area contributed by atoms with Gasteiger partial charge < -0.3 is 15.1 Å². The zero-order valence-corrected chi connectivity index (χ0v) is 16.7. The third kappa shape index (κ3) is 3.18. The van der Waals surface area contributed by atoms with Gasteiger partial charge in [0.1, 0.15) is 11.4 Å². The molecule has 11 heteroatoms. The lowest BCUT2D eigenvalue weighted by atomic mass is 9.81. The Morgan fingerprint density at radius 3 is 2.63 bits per heavy atom. The van der Waals surface area contributed by atoms with Crippen LogP contribution in [-0.2, 0) is 7.05 Å². The summed E-state index contributed by atoms with van der Waals surface area (Å²) in [6.07, 6.45) is 1.71. The van der Waals surface area contributed by atoms with Crippen LogP contribution < -0.4 is 10.2 Å². The van der Waals surface area contributed by atoms with Crippen LogP contribution in [0.4, 0.5) is 20.3 Å². The van der Waals surface area contributed by atoms with E-state index in [1.54, 1.807) is 6.20 Å². The summed E-state index contributed by atoms with van der Waals surface area (Å²) in [6, 6.07) is 1.88. The molecule has 0 aliphatic carbocycles. The monoisotopic (exact) mass is 416 g/mol.